The van der Waals surface area contributed by atoms with E-state index in [0.717, 1.165) is 18.2 Å². The number of amides is 2. The van der Waals surface area contributed by atoms with E-state index >= 15 is 0 Å². The number of carbonyl (C=O) groups excluding carboxylic acids is 3. The van der Waals surface area contributed by atoms with Gasteiger partial charge in [-0.3, -0.25) is 14.4 Å². The van der Waals surface area contributed by atoms with Gasteiger partial charge in [0.25, 0.3) is 5.91 Å². The molecule has 2 amide bonds. The molecule has 2 atom stereocenters. The summed E-state index contributed by atoms with van der Waals surface area (Å²) in [7, 11) is 0. The van der Waals surface area contributed by atoms with Crippen LogP contribution in [0.1, 0.15) is 19.1 Å². The van der Waals surface area contributed by atoms with Gasteiger partial charge in [-0.05, 0) is 31.2 Å². The van der Waals surface area contributed by atoms with E-state index in [9.17, 15) is 23.2 Å². The molecule has 28 heavy (non-hydrogen) atoms. The van der Waals surface area contributed by atoms with Crippen LogP contribution in [-0.2, 0) is 25.7 Å². The van der Waals surface area contributed by atoms with Crippen LogP contribution in [0.25, 0.3) is 0 Å². The fourth-order valence-corrected chi connectivity index (χ4v) is 2.84. The van der Waals surface area contributed by atoms with Crippen molar-refractivity contribution in [2.45, 2.75) is 26.0 Å². The molecule has 0 bridgehead atoms. The molecule has 1 fully saturated rings. The van der Waals surface area contributed by atoms with Gasteiger partial charge in [0.1, 0.15) is 23.1 Å². The summed E-state index contributed by atoms with van der Waals surface area (Å²) >= 11 is 0. The van der Waals surface area contributed by atoms with E-state index in [0.29, 0.717) is 5.76 Å². The van der Waals surface area contributed by atoms with E-state index < -0.39 is 41.2 Å². The first kappa shape index (κ1) is 19.5. The van der Waals surface area contributed by atoms with Crippen LogP contribution in [0, 0.1) is 17.6 Å². The Balaban J connectivity index is 1.55. The number of nitrogens with zero attached hydrogens (tertiary/aromatic N) is 1. The van der Waals surface area contributed by atoms with Gasteiger partial charge in [-0.2, -0.15) is 0 Å². The largest absolute Gasteiger partial charge is 0.467 e. The molecule has 1 saturated heterocycles. The molecule has 0 radical (unpaired) electrons. The normalized spacial score (nSPS) is 17.5. The molecule has 0 spiro atoms. The van der Waals surface area contributed by atoms with Gasteiger partial charge in [0, 0.05) is 13.0 Å². The van der Waals surface area contributed by atoms with Crippen LogP contribution < -0.4 is 5.32 Å². The zero-order valence-electron chi connectivity index (χ0n) is 15.0. The lowest BCUT2D eigenvalue weighted by Gasteiger charge is -2.17. The number of hydrogen-bond acceptors (Lipinski definition) is 5. The number of anilines is 1. The topological polar surface area (TPSA) is 88.9 Å². The van der Waals surface area contributed by atoms with Crippen LogP contribution in [0.2, 0.25) is 0 Å². The lowest BCUT2D eigenvalue weighted by Crippen LogP contribution is -2.33. The SMILES string of the molecule is C[C@@H](OC(=O)[C@@H]1CC(=O)N(Cc2ccco2)C1)C(=O)Nc1c(F)cccc1F. The Hall–Kier alpha value is -3.23. The van der Waals surface area contributed by atoms with Crippen LogP contribution in [0.4, 0.5) is 14.5 Å². The summed E-state index contributed by atoms with van der Waals surface area (Å²) in [6, 6.07) is 6.56. The quantitative estimate of drug-likeness (QED) is 0.763. The molecule has 1 aromatic carbocycles. The predicted molar refractivity (Wildman–Crippen MR) is 92.8 cm³/mol. The molecule has 7 nitrogen and oxygen atoms in total. The predicted octanol–water partition coefficient (Wildman–Crippen LogP) is 2.48. The minimum Gasteiger partial charge on any atom is -0.467 e. The average Bonchev–Trinajstić information content (AvgIpc) is 3.28. The number of nitrogens with one attached hydrogen (secondary N) is 1. The number of hydrogen-bond donors (Lipinski definition) is 1. The number of rotatable bonds is 6. The van der Waals surface area contributed by atoms with E-state index in [2.05, 4.69) is 5.32 Å². The second kappa shape index (κ2) is 8.20. The maximum atomic E-state index is 13.6. The molecule has 1 aliphatic heterocycles. The van der Waals surface area contributed by atoms with Crippen molar-refractivity contribution in [2.24, 2.45) is 5.92 Å². The Kier molecular flexibility index (Phi) is 5.72. The smallest absolute Gasteiger partial charge is 0.312 e. The molecule has 3 rings (SSSR count). The lowest BCUT2D eigenvalue weighted by molar-refractivity contribution is -0.157. The number of halogens is 2. The Bertz CT molecular complexity index is 864. The summed E-state index contributed by atoms with van der Waals surface area (Å²) in [4.78, 5) is 37.9. The number of para-hydroxylation sites is 1. The molecule has 148 valence electrons. The van der Waals surface area contributed by atoms with Gasteiger partial charge in [-0.25, -0.2) is 8.78 Å². The van der Waals surface area contributed by atoms with Crippen molar-refractivity contribution >= 4 is 23.5 Å². The Morgan fingerprint density at radius 1 is 1.29 bits per heavy atom. The number of furan rings is 1. The number of benzene rings is 1. The molecule has 9 heteroatoms. The summed E-state index contributed by atoms with van der Waals surface area (Å²) in [5.41, 5.74) is -0.615. The fourth-order valence-electron chi connectivity index (χ4n) is 2.84. The fraction of sp³-hybridized carbons (Fsp3) is 0.316. The highest BCUT2D eigenvalue weighted by Gasteiger charge is 2.37. The van der Waals surface area contributed by atoms with E-state index in [1.807, 2.05) is 0 Å². The van der Waals surface area contributed by atoms with Crippen LogP contribution in [0.3, 0.4) is 0 Å². The van der Waals surface area contributed by atoms with Crippen molar-refractivity contribution in [3.8, 4) is 0 Å². The van der Waals surface area contributed by atoms with Crippen molar-refractivity contribution in [3.05, 3.63) is 54.0 Å². The minimum absolute atomic E-state index is 0.0458. The number of likely N-dealkylation sites (tertiary alicyclic amines) is 1. The number of carbonyl (C=O) groups is 3. The summed E-state index contributed by atoms with van der Waals surface area (Å²) in [5.74, 6) is -3.88. The highest BCUT2D eigenvalue weighted by Crippen LogP contribution is 2.23. The van der Waals surface area contributed by atoms with Crippen LogP contribution >= 0.6 is 0 Å². The third kappa shape index (κ3) is 4.36. The van der Waals surface area contributed by atoms with Gasteiger partial charge in [0.2, 0.25) is 5.91 Å². The molecular weight excluding hydrogens is 374 g/mol. The van der Waals surface area contributed by atoms with Crippen molar-refractivity contribution in [3.63, 3.8) is 0 Å². The molecule has 2 aromatic rings. The number of ether oxygens (including phenoxy) is 1. The Morgan fingerprint density at radius 3 is 2.64 bits per heavy atom. The van der Waals surface area contributed by atoms with Gasteiger partial charge in [0.15, 0.2) is 6.10 Å². The zero-order chi connectivity index (χ0) is 20.3. The first-order valence-electron chi connectivity index (χ1n) is 8.60. The molecule has 0 aliphatic carbocycles. The van der Waals surface area contributed by atoms with Gasteiger partial charge >= 0.3 is 5.97 Å². The maximum absolute atomic E-state index is 13.6. The molecule has 1 N–H and O–H groups in total. The van der Waals surface area contributed by atoms with Crippen molar-refractivity contribution in [1.82, 2.24) is 4.90 Å². The van der Waals surface area contributed by atoms with Crippen molar-refractivity contribution in [2.75, 3.05) is 11.9 Å². The van der Waals surface area contributed by atoms with E-state index in [1.165, 1.54) is 18.1 Å². The standard InChI is InChI=1S/C19H18F2N2O5/c1-11(18(25)22-17-14(20)5-2-6-15(17)21)28-19(26)12-8-16(24)23(9-12)10-13-4-3-7-27-13/h2-7,11-12H,8-10H2,1H3,(H,22,25)/t11-,12-/m1/s1. The monoisotopic (exact) mass is 392 g/mol. The molecule has 0 saturated carbocycles. The van der Waals surface area contributed by atoms with Gasteiger partial charge in [-0.1, -0.05) is 6.07 Å². The van der Waals surface area contributed by atoms with Crippen LogP contribution in [-0.4, -0.2) is 35.3 Å². The molecule has 2 heterocycles. The van der Waals surface area contributed by atoms with E-state index in [1.54, 1.807) is 12.1 Å². The molecule has 1 aliphatic rings. The lowest BCUT2D eigenvalue weighted by atomic mass is 10.1. The third-order valence-corrected chi connectivity index (χ3v) is 4.35. The van der Waals surface area contributed by atoms with E-state index in [-0.39, 0.29) is 25.4 Å². The minimum atomic E-state index is -1.29. The summed E-state index contributed by atoms with van der Waals surface area (Å²) in [6.45, 7) is 1.65. The highest BCUT2D eigenvalue weighted by molar-refractivity contribution is 5.96. The zero-order valence-corrected chi connectivity index (χ0v) is 15.0. The summed E-state index contributed by atoms with van der Waals surface area (Å²) < 4.78 is 37.5. The van der Waals surface area contributed by atoms with Gasteiger partial charge in [0.05, 0.1) is 18.7 Å². The number of esters is 1. The average molecular weight is 392 g/mol. The maximum Gasteiger partial charge on any atom is 0.312 e. The summed E-state index contributed by atoms with van der Waals surface area (Å²) in [6.07, 6.45) is 0.150. The molecule has 1 aromatic heterocycles. The first-order valence-corrected chi connectivity index (χ1v) is 8.60. The van der Waals surface area contributed by atoms with Crippen LogP contribution in [0.15, 0.2) is 41.0 Å². The Labute approximate surface area is 159 Å². The van der Waals surface area contributed by atoms with Gasteiger partial charge in [-0.15, -0.1) is 0 Å². The van der Waals surface area contributed by atoms with Crippen LogP contribution in [0.5, 0.6) is 0 Å². The second-order valence-electron chi connectivity index (χ2n) is 6.42. The van der Waals surface area contributed by atoms with E-state index in [4.69, 9.17) is 9.15 Å². The molecule has 0 unspecified atom stereocenters. The van der Waals surface area contributed by atoms with Crippen molar-refractivity contribution in [1.29, 1.82) is 0 Å². The van der Waals surface area contributed by atoms with Gasteiger partial charge < -0.3 is 19.4 Å². The molecular formula is C19H18F2N2O5. The second-order valence-corrected chi connectivity index (χ2v) is 6.42. The van der Waals surface area contributed by atoms with Crippen molar-refractivity contribution < 1.29 is 32.3 Å². The summed E-state index contributed by atoms with van der Waals surface area (Å²) in [5, 5.41) is 2.07. The first-order chi connectivity index (χ1) is 13.3. The highest BCUT2D eigenvalue weighted by atomic mass is 19.1. The Morgan fingerprint density at radius 2 is 2.00 bits per heavy atom. The third-order valence-electron chi connectivity index (χ3n) is 4.35.